The highest BCUT2D eigenvalue weighted by Gasteiger charge is 2.13. The third kappa shape index (κ3) is 5.72. The topological polar surface area (TPSA) is 104 Å². The lowest BCUT2D eigenvalue weighted by Crippen LogP contribution is -2.27. The molecule has 0 fully saturated rings. The average molecular weight is 468 g/mol. The van der Waals surface area contributed by atoms with Crippen molar-refractivity contribution in [2.24, 2.45) is 0 Å². The van der Waals surface area contributed by atoms with Gasteiger partial charge in [-0.15, -0.1) is 0 Å². The average Bonchev–Trinajstić information content (AvgIpc) is 3.26. The Labute approximate surface area is 203 Å². The Bertz CT molecular complexity index is 1480. The summed E-state index contributed by atoms with van der Waals surface area (Å²) in [5.74, 6) is 0.958. The van der Waals surface area contributed by atoms with Crippen molar-refractivity contribution in [1.82, 2.24) is 14.5 Å². The van der Waals surface area contributed by atoms with Gasteiger partial charge in [0.1, 0.15) is 6.07 Å². The largest absolute Gasteiger partial charge is 0.440 e. The molecule has 4 rings (SSSR count). The zero-order chi connectivity index (χ0) is 24.9. The van der Waals surface area contributed by atoms with E-state index < -0.39 is 0 Å². The second kappa shape index (κ2) is 10.2. The minimum Gasteiger partial charge on any atom is -0.440 e. The van der Waals surface area contributed by atoms with Crippen molar-refractivity contribution in [2.45, 2.75) is 13.3 Å². The minimum absolute atomic E-state index is 0.0842. The normalized spacial score (nSPS) is 10.8. The van der Waals surface area contributed by atoms with Crippen LogP contribution < -0.4 is 10.9 Å². The van der Waals surface area contributed by atoms with Crippen molar-refractivity contribution in [3.8, 4) is 23.1 Å². The zero-order valence-electron chi connectivity index (χ0n) is 19.8. The summed E-state index contributed by atoms with van der Waals surface area (Å²) in [5.41, 5.74) is 4.02. The molecule has 0 radical (unpaired) electrons. The molecule has 2 heterocycles. The third-order valence-corrected chi connectivity index (χ3v) is 5.27. The molecule has 176 valence electrons. The Hall–Kier alpha value is -4.48. The SMILES string of the molecule is Cc1cc(Cc2ncc(-c3ccc(C#N)c(-n4ccccc4=O)c3)o2)cc(NC(=O)CN(C)C)c1. The third-order valence-electron chi connectivity index (χ3n) is 5.27. The van der Waals surface area contributed by atoms with Crippen LogP contribution in [0.2, 0.25) is 0 Å². The van der Waals surface area contributed by atoms with Crippen LogP contribution in [-0.2, 0) is 11.2 Å². The first kappa shape index (κ1) is 23.7. The summed E-state index contributed by atoms with van der Waals surface area (Å²) < 4.78 is 7.44. The molecule has 0 aliphatic heterocycles. The number of anilines is 1. The van der Waals surface area contributed by atoms with Crippen molar-refractivity contribution < 1.29 is 9.21 Å². The monoisotopic (exact) mass is 467 g/mol. The van der Waals surface area contributed by atoms with E-state index in [1.807, 2.05) is 44.1 Å². The molecule has 0 unspecified atom stereocenters. The molecule has 0 spiro atoms. The molecule has 35 heavy (non-hydrogen) atoms. The molecule has 0 aliphatic rings. The number of carbonyl (C=O) groups excluding carboxylic acids is 1. The Morgan fingerprint density at radius 2 is 2.00 bits per heavy atom. The van der Waals surface area contributed by atoms with Crippen LogP contribution in [0.3, 0.4) is 0 Å². The van der Waals surface area contributed by atoms with Crippen LogP contribution in [-0.4, -0.2) is 41.0 Å². The van der Waals surface area contributed by atoms with Gasteiger partial charge in [0.05, 0.1) is 24.0 Å². The van der Waals surface area contributed by atoms with Gasteiger partial charge in [-0.25, -0.2) is 4.98 Å². The smallest absolute Gasteiger partial charge is 0.255 e. The molecule has 2 aromatic heterocycles. The number of aromatic nitrogens is 2. The van der Waals surface area contributed by atoms with E-state index in [9.17, 15) is 14.9 Å². The van der Waals surface area contributed by atoms with Crippen molar-refractivity contribution in [2.75, 3.05) is 26.0 Å². The molecule has 0 saturated carbocycles. The van der Waals surface area contributed by atoms with E-state index in [1.54, 1.807) is 42.7 Å². The lowest BCUT2D eigenvalue weighted by Gasteiger charge is -2.11. The fourth-order valence-corrected chi connectivity index (χ4v) is 3.83. The Balaban J connectivity index is 1.58. The van der Waals surface area contributed by atoms with Crippen molar-refractivity contribution in [1.29, 1.82) is 5.26 Å². The highest BCUT2D eigenvalue weighted by molar-refractivity contribution is 5.92. The van der Waals surface area contributed by atoms with Gasteiger partial charge in [0.15, 0.2) is 11.7 Å². The first-order valence-electron chi connectivity index (χ1n) is 11.0. The van der Waals surface area contributed by atoms with Gasteiger partial charge in [-0.2, -0.15) is 5.26 Å². The molecule has 0 saturated heterocycles. The minimum atomic E-state index is -0.229. The first-order valence-corrected chi connectivity index (χ1v) is 11.0. The lowest BCUT2D eigenvalue weighted by atomic mass is 10.1. The zero-order valence-corrected chi connectivity index (χ0v) is 19.8. The van der Waals surface area contributed by atoms with E-state index in [0.717, 1.165) is 16.8 Å². The molecule has 0 atom stereocenters. The Morgan fingerprint density at radius 3 is 2.74 bits per heavy atom. The summed E-state index contributed by atoms with van der Waals surface area (Å²) in [5, 5.41) is 12.4. The van der Waals surface area contributed by atoms with E-state index in [2.05, 4.69) is 16.4 Å². The lowest BCUT2D eigenvalue weighted by molar-refractivity contribution is -0.116. The molecular weight excluding hydrogens is 442 g/mol. The molecule has 1 N–H and O–H groups in total. The van der Waals surface area contributed by atoms with Gasteiger partial charge < -0.3 is 14.6 Å². The van der Waals surface area contributed by atoms with Crippen LogP contribution in [0.1, 0.15) is 22.6 Å². The van der Waals surface area contributed by atoms with Crippen molar-refractivity contribution in [3.05, 3.63) is 99.9 Å². The van der Waals surface area contributed by atoms with Gasteiger partial charge in [-0.3, -0.25) is 14.2 Å². The molecule has 8 heteroatoms. The molecule has 8 nitrogen and oxygen atoms in total. The van der Waals surface area contributed by atoms with Gasteiger partial charge >= 0.3 is 0 Å². The van der Waals surface area contributed by atoms with Crippen LogP contribution in [0.15, 0.2) is 76.2 Å². The maximum Gasteiger partial charge on any atom is 0.255 e. The fraction of sp³-hybridized carbons (Fsp3) is 0.185. The summed E-state index contributed by atoms with van der Waals surface area (Å²) in [7, 11) is 3.69. The van der Waals surface area contributed by atoms with Crippen molar-refractivity contribution in [3.63, 3.8) is 0 Å². The van der Waals surface area contributed by atoms with E-state index in [-0.39, 0.29) is 11.5 Å². The summed E-state index contributed by atoms with van der Waals surface area (Å²) in [6.45, 7) is 2.27. The van der Waals surface area contributed by atoms with Gasteiger partial charge in [0, 0.05) is 29.9 Å². The Morgan fingerprint density at radius 1 is 1.17 bits per heavy atom. The van der Waals surface area contributed by atoms with Crippen LogP contribution in [0, 0.1) is 18.3 Å². The van der Waals surface area contributed by atoms with E-state index >= 15 is 0 Å². The highest BCUT2D eigenvalue weighted by atomic mass is 16.4. The summed E-state index contributed by atoms with van der Waals surface area (Å²) >= 11 is 0. The number of likely N-dealkylation sites (N-methyl/N-ethyl adjacent to an activating group) is 1. The van der Waals surface area contributed by atoms with E-state index in [0.29, 0.717) is 41.4 Å². The molecule has 2 aromatic carbocycles. The second-order valence-corrected chi connectivity index (χ2v) is 8.54. The van der Waals surface area contributed by atoms with Crippen molar-refractivity contribution >= 4 is 11.6 Å². The van der Waals surface area contributed by atoms with Gasteiger partial charge in [0.2, 0.25) is 5.91 Å². The number of oxazole rings is 1. The van der Waals surface area contributed by atoms with E-state index in [1.165, 1.54) is 10.6 Å². The number of nitrogens with zero attached hydrogens (tertiary/aromatic N) is 4. The number of aryl methyl sites for hydroxylation is 1. The maximum atomic E-state index is 12.3. The second-order valence-electron chi connectivity index (χ2n) is 8.54. The Kier molecular flexibility index (Phi) is 6.90. The first-order chi connectivity index (χ1) is 16.8. The number of amides is 1. The van der Waals surface area contributed by atoms with E-state index in [4.69, 9.17) is 4.42 Å². The number of carbonyl (C=O) groups is 1. The number of hydrogen-bond donors (Lipinski definition) is 1. The summed E-state index contributed by atoms with van der Waals surface area (Å²) in [6.07, 6.45) is 3.70. The number of nitrogens with one attached hydrogen (secondary N) is 1. The number of hydrogen-bond acceptors (Lipinski definition) is 6. The van der Waals surface area contributed by atoms with Gasteiger partial charge in [0.25, 0.3) is 5.56 Å². The van der Waals surface area contributed by atoms with Gasteiger partial charge in [-0.05, 0) is 68.5 Å². The van der Waals surface area contributed by atoms with Gasteiger partial charge in [-0.1, -0.05) is 12.1 Å². The standard InChI is InChI=1S/C27H25N5O3/c1-18-10-19(12-22(11-18)30-25(33)17-31(2)3)13-26-29-16-24(35-26)20-7-8-21(15-28)23(14-20)32-9-5-4-6-27(32)34/h4-12,14,16H,13,17H2,1-3H3,(H,30,33). The molecular formula is C27H25N5O3. The molecule has 1 amide bonds. The number of nitriles is 1. The summed E-state index contributed by atoms with van der Waals surface area (Å²) in [6, 6.07) is 18.0. The summed E-state index contributed by atoms with van der Waals surface area (Å²) in [4.78, 5) is 30.7. The molecule has 0 bridgehead atoms. The predicted molar refractivity (Wildman–Crippen MR) is 133 cm³/mol. The predicted octanol–water partition coefficient (Wildman–Crippen LogP) is 3.76. The van der Waals surface area contributed by atoms with Crippen LogP contribution in [0.5, 0.6) is 0 Å². The fourth-order valence-electron chi connectivity index (χ4n) is 3.83. The quantitative estimate of drug-likeness (QED) is 0.444. The maximum absolute atomic E-state index is 12.3. The number of benzene rings is 2. The number of pyridine rings is 1. The highest BCUT2D eigenvalue weighted by Crippen LogP contribution is 2.26. The van der Waals surface area contributed by atoms with Crippen LogP contribution >= 0.6 is 0 Å². The number of rotatable bonds is 7. The molecule has 4 aromatic rings. The van der Waals surface area contributed by atoms with Crippen LogP contribution in [0.25, 0.3) is 17.0 Å². The van der Waals surface area contributed by atoms with Crippen LogP contribution in [0.4, 0.5) is 5.69 Å². The molecule has 0 aliphatic carbocycles.